The highest BCUT2D eigenvalue weighted by Gasteiger charge is 2.07. The topological polar surface area (TPSA) is 38.1 Å². The number of pyridine rings is 1. The van der Waals surface area contributed by atoms with Crippen molar-refractivity contribution in [3.63, 3.8) is 0 Å². The van der Waals surface area contributed by atoms with Crippen molar-refractivity contribution in [1.82, 2.24) is 13.8 Å². The molecular weight excluding hydrogens is 222 g/mol. The largest absolute Gasteiger partial charge is 0.309 e. The zero-order valence-electron chi connectivity index (χ0n) is 9.51. The van der Waals surface area contributed by atoms with Crippen LogP contribution in [-0.4, -0.2) is 34.5 Å². The smallest absolute Gasteiger partial charge is 0.287 e. The summed E-state index contributed by atoms with van der Waals surface area (Å²) in [7, 11) is 4.07. The summed E-state index contributed by atoms with van der Waals surface area (Å²) in [6, 6.07) is 3.80. The van der Waals surface area contributed by atoms with Crippen LogP contribution in [0.15, 0.2) is 23.1 Å². The molecule has 16 heavy (non-hydrogen) atoms. The Morgan fingerprint density at radius 3 is 3.00 bits per heavy atom. The zero-order chi connectivity index (χ0) is 11.5. The molecule has 86 valence electrons. The van der Waals surface area contributed by atoms with E-state index in [0.717, 1.165) is 24.2 Å². The van der Waals surface area contributed by atoms with E-state index in [2.05, 4.69) is 9.88 Å². The summed E-state index contributed by atoms with van der Waals surface area (Å²) in [5.41, 5.74) is 0.636. The van der Waals surface area contributed by atoms with Crippen molar-refractivity contribution in [2.45, 2.75) is 13.0 Å². The summed E-state index contributed by atoms with van der Waals surface area (Å²) in [6.45, 7) is 1.77. The average Bonchev–Trinajstić information content (AvgIpc) is 2.56. The summed E-state index contributed by atoms with van der Waals surface area (Å²) in [4.78, 5) is 18.1. The molecule has 4 nitrogen and oxygen atoms in total. The molecule has 0 saturated heterocycles. The number of rotatable bonds is 4. The van der Waals surface area contributed by atoms with Crippen molar-refractivity contribution >= 4 is 21.7 Å². The predicted octanol–water partition coefficient (Wildman–Crippen LogP) is 1.41. The summed E-state index contributed by atoms with van der Waals surface area (Å²) in [5, 5.41) is 0. The van der Waals surface area contributed by atoms with Gasteiger partial charge in [0, 0.05) is 12.7 Å². The number of aryl methyl sites for hydroxylation is 1. The summed E-state index contributed by atoms with van der Waals surface area (Å²) in [6.07, 6.45) is 2.65. The van der Waals surface area contributed by atoms with Gasteiger partial charge in [0.15, 0.2) is 0 Å². The molecule has 0 aliphatic heterocycles. The number of hydrogen-bond acceptors (Lipinski definition) is 4. The van der Waals surface area contributed by atoms with Gasteiger partial charge in [-0.3, -0.25) is 8.75 Å². The van der Waals surface area contributed by atoms with Crippen molar-refractivity contribution in [2.75, 3.05) is 20.6 Å². The first kappa shape index (κ1) is 11.3. The molecule has 0 N–H and O–H groups in total. The maximum absolute atomic E-state index is 11.9. The van der Waals surface area contributed by atoms with Gasteiger partial charge < -0.3 is 4.90 Å². The summed E-state index contributed by atoms with van der Waals surface area (Å²) < 4.78 is 2.76. The summed E-state index contributed by atoms with van der Waals surface area (Å²) in [5.74, 6) is 0. The van der Waals surface area contributed by atoms with E-state index >= 15 is 0 Å². The van der Waals surface area contributed by atoms with E-state index in [0.29, 0.717) is 5.52 Å². The van der Waals surface area contributed by atoms with Gasteiger partial charge in [0.05, 0.1) is 4.70 Å². The molecule has 2 heterocycles. The highest BCUT2D eigenvalue weighted by molar-refractivity contribution is 7.13. The summed E-state index contributed by atoms with van der Waals surface area (Å²) >= 11 is 1.50. The fraction of sp³-hybridized carbons (Fsp3) is 0.455. The molecule has 0 radical (unpaired) electrons. The molecule has 2 rings (SSSR count). The monoisotopic (exact) mass is 237 g/mol. The number of aromatic nitrogens is 2. The lowest BCUT2D eigenvalue weighted by Gasteiger charge is -2.08. The molecular formula is C11H15N3OS. The van der Waals surface area contributed by atoms with Crippen LogP contribution in [0.3, 0.4) is 0 Å². The van der Waals surface area contributed by atoms with Crippen LogP contribution in [0, 0.1) is 0 Å². The lowest BCUT2D eigenvalue weighted by molar-refractivity contribution is 0.389. The van der Waals surface area contributed by atoms with Gasteiger partial charge in [-0.25, -0.2) is 4.98 Å². The molecule has 2 aromatic rings. The Hall–Kier alpha value is -1.20. The van der Waals surface area contributed by atoms with E-state index < -0.39 is 0 Å². The molecule has 0 fully saturated rings. The normalized spacial score (nSPS) is 11.4. The van der Waals surface area contributed by atoms with Crippen LogP contribution in [0.2, 0.25) is 0 Å². The van der Waals surface area contributed by atoms with Crippen molar-refractivity contribution in [3.05, 3.63) is 28.7 Å². The van der Waals surface area contributed by atoms with Gasteiger partial charge in [-0.2, -0.15) is 0 Å². The van der Waals surface area contributed by atoms with Crippen LogP contribution in [0.25, 0.3) is 10.2 Å². The van der Waals surface area contributed by atoms with Crippen LogP contribution in [0.1, 0.15) is 6.42 Å². The molecule has 0 aromatic carbocycles. The fourth-order valence-corrected chi connectivity index (χ4v) is 2.57. The molecule has 0 spiro atoms. The molecule has 0 saturated carbocycles. The Kier molecular flexibility index (Phi) is 3.36. The van der Waals surface area contributed by atoms with Gasteiger partial charge in [-0.15, -0.1) is 0 Å². The third-order valence-electron chi connectivity index (χ3n) is 2.37. The SMILES string of the molecule is CN(C)CCCn1sc2cccnc2c1=O. The van der Waals surface area contributed by atoms with Crippen LogP contribution < -0.4 is 5.56 Å². The quantitative estimate of drug-likeness (QED) is 0.807. The molecule has 0 unspecified atom stereocenters. The number of hydrogen-bond donors (Lipinski definition) is 0. The van der Waals surface area contributed by atoms with E-state index in [1.54, 1.807) is 10.2 Å². The van der Waals surface area contributed by atoms with Gasteiger partial charge in [-0.05, 0) is 39.2 Å². The first-order valence-electron chi connectivity index (χ1n) is 5.28. The first-order chi connectivity index (χ1) is 7.68. The Labute approximate surface area is 98.3 Å². The van der Waals surface area contributed by atoms with Crippen LogP contribution in [0.4, 0.5) is 0 Å². The minimum atomic E-state index is 0.0411. The highest BCUT2D eigenvalue weighted by Crippen LogP contribution is 2.13. The van der Waals surface area contributed by atoms with Gasteiger partial charge in [0.2, 0.25) is 0 Å². The zero-order valence-corrected chi connectivity index (χ0v) is 10.3. The Morgan fingerprint density at radius 1 is 1.50 bits per heavy atom. The van der Waals surface area contributed by atoms with Gasteiger partial charge in [0.25, 0.3) is 5.56 Å². The van der Waals surface area contributed by atoms with Crippen LogP contribution in [0.5, 0.6) is 0 Å². The predicted molar refractivity (Wildman–Crippen MR) is 67.1 cm³/mol. The molecule has 2 aromatic heterocycles. The minimum Gasteiger partial charge on any atom is -0.309 e. The molecule has 0 bridgehead atoms. The van der Waals surface area contributed by atoms with Gasteiger partial charge >= 0.3 is 0 Å². The lowest BCUT2D eigenvalue weighted by Crippen LogP contribution is -2.18. The van der Waals surface area contributed by atoms with Crippen molar-refractivity contribution in [2.24, 2.45) is 0 Å². The second-order valence-corrected chi connectivity index (χ2v) is 5.07. The van der Waals surface area contributed by atoms with Crippen molar-refractivity contribution in [1.29, 1.82) is 0 Å². The molecule has 0 atom stereocenters. The molecule has 0 amide bonds. The Balaban J connectivity index is 2.19. The van der Waals surface area contributed by atoms with E-state index in [1.807, 2.05) is 26.2 Å². The van der Waals surface area contributed by atoms with E-state index in [4.69, 9.17) is 0 Å². The minimum absolute atomic E-state index is 0.0411. The number of nitrogens with zero attached hydrogens (tertiary/aromatic N) is 3. The fourth-order valence-electron chi connectivity index (χ4n) is 1.58. The maximum atomic E-state index is 11.9. The Bertz CT molecular complexity index is 529. The second kappa shape index (κ2) is 4.76. The molecule has 0 aliphatic carbocycles. The van der Waals surface area contributed by atoms with Crippen molar-refractivity contribution < 1.29 is 0 Å². The van der Waals surface area contributed by atoms with E-state index in [-0.39, 0.29) is 5.56 Å². The van der Waals surface area contributed by atoms with E-state index in [9.17, 15) is 4.79 Å². The molecule has 0 aliphatic rings. The van der Waals surface area contributed by atoms with Crippen molar-refractivity contribution in [3.8, 4) is 0 Å². The third-order valence-corrected chi connectivity index (χ3v) is 3.47. The molecule has 5 heteroatoms. The second-order valence-electron chi connectivity index (χ2n) is 4.01. The van der Waals surface area contributed by atoms with Crippen LogP contribution in [-0.2, 0) is 6.54 Å². The lowest BCUT2D eigenvalue weighted by atomic mass is 10.4. The maximum Gasteiger partial charge on any atom is 0.287 e. The van der Waals surface area contributed by atoms with Gasteiger partial charge in [0.1, 0.15) is 5.52 Å². The first-order valence-corrected chi connectivity index (χ1v) is 6.05. The Morgan fingerprint density at radius 2 is 2.31 bits per heavy atom. The highest BCUT2D eigenvalue weighted by atomic mass is 32.1. The average molecular weight is 237 g/mol. The van der Waals surface area contributed by atoms with Crippen LogP contribution >= 0.6 is 11.5 Å². The van der Waals surface area contributed by atoms with Gasteiger partial charge in [-0.1, -0.05) is 11.5 Å². The number of fused-ring (bicyclic) bond motifs is 1. The third kappa shape index (κ3) is 2.31. The van der Waals surface area contributed by atoms with E-state index in [1.165, 1.54) is 11.5 Å². The standard InChI is InChI=1S/C11H15N3OS/c1-13(2)7-4-8-14-11(15)10-9(16-14)5-3-6-12-10/h3,5-6H,4,7-8H2,1-2H3.